The number of hydrogen-bond acceptors (Lipinski definition) is 4. The lowest BCUT2D eigenvalue weighted by atomic mass is 9.89. The number of carbonyl (C=O) groups is 1. The van der Waals surface area contributed by atoms with Gasteiger partial charge in [-0.1, -0.05) is 72.3 Å². The number of halogens is 7. The maximum Gasteiger partial charge on any atom is 0.431 e. The van der Waals surface area contributed by atoms with Gasteiger partial charge in [-0.3, -0.25) is 9.80 Å². The van der Waals surface area contributed by atoms with Gasteiger partial charge in [0.15, 0.2) is 5.78 Å². The summed E-state index contributed by atoms with van der Waals surface area (Å²) in [5.74, 6) is -0.169. The first kappa shape index (κ1) is 26.7. The van der Waals surface area contributed by atoms with Crippen molar-refractivity contribution in [2.75, 3.05) is 5.01 Å². The van der Waals surface area contributed by atoms with Crippen molar-refractivity contribution >= 4 is 28.8 Å². The van der Waals surface area contributed by atoms with E-state index in [1.54, 1.807) is 42.5 Å². The molecular weight excluding hydrogens is 522 g/mol. The molecule has 1 unspecified atom stereocenters. The smallest absolute Gasteiger partial charge is 0.369 e. The molecule has 0 aliphatic carbocycles. The SMILES string of the molecule is CC(=O)c1ccccc1-c1ccc(C2CC(C(O)(C(F)(F)F)C(F)(F)F)=NN2c2ccccc2Cl)cc1. The molecule has 1 aliphatic rings. The first-order valence-corrected chi connectivity index (χ1v) is 11.3. The summed E-state index contributed by atoms with van der Waals surface area (Å²) < 4.78 is 81.7. The van der Waals surface area contributed by atoms with Crippen LogP contribution in [-0.4, -0.2) is 34.6 Å². The number of Topliss-reactive ketones (excluding diaryl/α,β-unsaturated/α-hetero) is 1. The van der Waals surface area contributed by atoms with Gasteiger partial charge in [0.1, 0.15) is 0 Å². The quantitative estimate of drug-likeness (QED) is 0.271. The third-order valence-corrected chi connectivity index (χ3v) is 6.48. The Morgan fingerprint density at radius 2 is 1.49 bits per heavy atom. The molecule has 194 valence electrons. The van der Waals surface area contributed by atoms with Gasteiger partial charge in [-0.2, -0.15) is 31.4 Å². The number of hydrazone groups is 1. The summed E-state index contributed by atoms with van der Waals surface area (Å²) >= 11 is 6.20. The molecule has 0 aromatic heterocycles. The molecule has 0 bridgehead atoms. The molecular formula is C26H19ClF6N2O2. The van der Waals surface area contributed by atoms with Crippen LogP contribution in [0.3, 0.4) is 0 Å². The van der Waals surface area contributed by atoms with Crippen LogP contribution in [0, 0.1) is 0 Å². The zero-order valence-electron chi connectivity index (χ0n) is 19.1. The number of ketones is 1. The topological polar surface area (TPSA) is 52.9 Å². The summed E-state index contributed by atoms with van der Waals surface area (Å²) in [7, 11) is 0. The van der Waals surface area contributed by atoms with Crippen LogP contribution in [0.1, 0.15) is 35.3 Å². The maximum absolute atomic E-state index is 13.6. The minimum absolute atomic E-state index is 0.0482. The number of anilines is 1. The standard InChI is InChI=1S/C26H19ClF6N2O2/c1-15(36)18-6-2-3-7-19(18)16-10-12-17(13-11-16)22-14-23(24(37,25(28,29)30)26(31,32)33)34-35(22)21-9-5-4-8-20(21)27/h2-13,22,37H,14H2,1H3. The fourth-order valence-electron chi connectivity index (χ4n) is 4.26. The molecule has 37 heavy (non-hydrogen) atoms. The second kappa shape index (κ2) is 9.50. The van der Waals surface area contributed by atoms with Crippen molar-refractivity contribution in [3.05, 3.63) is 88.9 Å². The highest BCUT2D eigenvalue weighted by molar-refractivity contribution is 6.33. The Hall–Kier alpha value is -3.37. The maximum atomic E-state index is 13.6. The van der Waals surface area contributed by atoms with Gasteiger partial charge in [0, 0.05) is 12.0 Å². The van der Waals surface area contributed by atoms with Gasteiger partial charge >= 0.3 is 12.4 Å². The summed E-state index contributed by atoms with van der Waals surface area (Å²) in [6.07, 6.45) is -13.0. The van der Waals surface area contributed by atoms with Crippen LogP contribution >= 0.6 is 11.6 Å². The molecule has 4 nitrogen and oxygen atoms in total. The number of nitrogens with zero attached hydrogens (tertiary/aromatic N) is 2. The molecule has 0 amide bonds. The second-order valence-electron chi connectivity index (χ2n) is 8.49. The number of benzene rings is 3. The molecule has 0 saturated carbocycles. The number of carbonyl (C=O) groups excluding carboxylic acids is 1. The van der Waals surface area contributed by atoms with Gasteiger partial charge in [0.25, 0.3) is 5.60 Å². The van der Waals surface area contributed by atoms with Crippen LogP contribution in [0.4, 0.5) is 32.0 Å². The fourth-order valence-corrected chi connectivity index (χ4v) is 4.49. The van der Waals surface area contributed by atoms with E-state index in [0.29, 0.717) is 22.3 Å². The van der Waals surface area contributed by atoms with Crippen molar-refractivity contribution in [3.8, 4) is 11.1 Å². The van der Waals surface area contributed by atoms with Crippen molar-refractivity contribution in [3.63, 3.8) is 0 Å². The molecule has 11 heteroatoms. The molecule has 3 aromatic carbocycles. The van der Waals surface area contributed by atoms with E-state index in [1.165, 1.54) is 37.3 Å². The first-order chi connectivity index (χ1) is 17.3. The molecule has 1 N–H and O–H groups in total. The van der Waals surface area contributed by atoms with E-state index in [0.717, 1.165) is 5.01 Å². The molecule has 0 spiro atoms. The molecule has 1 heterocycles. The number of hydrogen-bond donors (Lipinski definition) is 1. The largest absolute Gasteiger partial charge is 0.431 e. The molecule has 0 saturated heterocycles. The predicted molar refractivity (Wildman–Crippen MR) is 128 cm³/mol. The molecule has 4 rings (SSSR count). The lowest BCUT2D eigenvalue weighted by Gasteiger charge is -2.32. The highest BCUT2D eigenvalue weighted by Gasteiger charge is 2.74. The van der Waals surface area contributed by atoms with Gasteiger partial charge in [0.05, 0.1) is 22.5 Å². The van der Waals surface area contributed by atoms with E-state index in [-0.39, 0.29) is 16.5 Å². The number of rotatable bonds is 5. The van der Waals surface area contributed by atoms with Crippen LogP contribution in [0.2, 0.25) is 5.02 Å². The lowest BCUT2D eigenvalue weighted by Crippen LogP contribution is -2.62. The average Bonchev–Trinajstić information content (AvgIpc) is 3.28. The van der Waals surface area contributed by atoms with Gasteiger partial charge in [-0.05, 0) is 35.7 Å². The van der Waals surface area contributed by atoms with Crippen LogP contribution in [0.25, 0.3) is 11.1 Å². The summed E-state index contributed by atoms with van der Waals surface area (Å²) in [5, 5.41) is 14.6. The Morgan fingerprint density at radius 3 is 2.05 bits per heavy atom. The van der Waals surface area contributed by atoms with Gasteiger partial charge < -0.3 is 5.11 Å². The summed E-state index contributed by atoms with van der Waals surface area (Å²) in [5.41, 5.74) is -4.54. The monoisotopic (exact) mass is 540 g/mol. The molecule has 1 atom stereocenters. The van der Waals surface area contributed by atoms with Crippen molar-refractivity contribution in [1.29, 1.82) is 0 Å². The van der Waals surface area contributed by atoms with E-state index in [1.807, 2.05) is 0 Å². The van der Waals surface area contributed by atoms with Gasteiger partial charge in [-0.25, -0.2) is 0 Å². The van der Waals surface area contributed by atoms with Crippen molar-refractivity contribution in [2.45, 2.75) is 37.3 Å². The second-order valence-corrected chi connectivity index (χ2v) is 8.90. The minimum Gasteiger partial charge on any atom is -0.369 e. The normalized spacial score (nSPS) is 16.6. The van der Waals surface area contributed by atoms with Crippen LogP contribution in [-0.2, 0) is 0 Å². The van der Waals surface area contributed by atoms with Crippen LogP contribution < -0.4 is 5.01 Å². The summed E-state index contributed by atoms with van der Waals surface area (Å²) in [6.45, 7) is 1.41. The summed E-state index contributed by atoms with van der Waals surface area (Å²) in [6, 6.07) is 17.8. The minimum atomic E-state index is -6.06. The predicted octanol–water partition coefficient (Wildman–Crippen LogP) is 7.37. The highest BCUT2D eigenvalue weighted by atomic mass is 35.5. The molecule has 1 aliphatic heterocycles. The van der Waals surface area contributed by atoms with E-state index < -0.39 is 36.1 Å². The van der Waals surface area contributed by atoms with Gasteiger partial charge in [0.2, 0.25) is 0 Å². The Balaban J connectivity index is 1.80. The van der Waals surface area contributed by atoms with Crippen molar-refractivity contribution in [1.82, 2.24) is 0 Å². The first-order valence-electron chi connectivity index (χ1n) is 10.9. The zero-order chi connectivity index (χ0) is 27.2. The summed E-state index contributed by atoms with van der Waals surface area (Å²) in [4.78, 5) is 12.0. The average molecular weight is 541 g/mol. The Morgan fingerprint density at radius 1 is 0.919 bits per heavy atom. The molecule has 0 fully saturated rings. The zero-order valence-corrected chi connectivity index (χ0v) is 19.9. The van der Waals surface area contributed by atoms with E-state index in [2.05, 4.69) is 5.10 Å². The number of alkyl halides is 6. The van der Waals surface area contributed by atoms with Crippen LogP contribution in [0.15, 0.2) is 77.9 Å². The number of para-hydroxylation sites is 1. The fraction of sp³-hybridized carbons (Fsp3) is 0.231. The number of aliphatic hydroxyl groups is 1. The third kappa shape index (κ3) is 4.71. The highest BCUT2D eigenvalue weighted by Crippen LogP contribution is 2.49. The van der Waals surface area contributed by atoms with Crippen molar-refractivity contribution < 1.29 is 36.2 Å². The Bertz CT molecular complexity index is 1340. The van der Waals surface area contributed by atoms with E-state index in [9.17, 15) is 36.2 Å². The Labute approximate surface area is 212 Å². The van der Waals surface area contributed by atoms with E-state index in [4.69, 9.17) is 11.6 Å². The van der Waals surface area contributed by atoms with E-state index >= 15 is 0 Å². The molecule has 3 aromatic rings. The Kier molecular flexibility index (Phi) is 6.85. The van der Waals surface area contributed by atoms with Crippen LogP contribution in [0.5, 0.6) is 0 Å². The van der Waals surface area contributed by atoms with Crippen molar-refractivity contribution in [2.24, 2.45) is 5.10 Å². The van der Waals surface area contributed by atoms with Gasteiger partial charge in [-0.15, -0.1) is 0 Å². The lowest BCUT2D eigenvalue weighted by molar-refractivity contribution is -0.338. The molecule has 0 radical (unpaired) electrons. The third-order valence-electron chi connectivity index (χ3n) is 6.16.